The number of hydrogen-bond acceptors (Lipinski definition) is 7. The number of hydrogen-bond donors (Lipinski definition) is 1. The van der Waals surface area contributed by atoms with Gasteiger partial charge in [0.25, 0.3) is 0 Å². The average Bonchev–Trinajstić information content (AvgIpc) is 3.44. The topological polar surface area (TPSA) is 90.0 Å². The Bertz CT molecular complexity index is 1230. The summed E-state index contributed by atoms with van der Waals surface area (Å²) in [6, 6.07) is 17.8. The largest absolute Gasteiger partial charge is 0.493 e. The summed E-state index contributed by atoms with van der Waals surface area (Å²) < 4.78 is 43.3. The van der Waals surface area contributed by atoms with E-state index < -0.39 is 10.0 Å². The normalized spacial score (nSPS) is 13.9. The van der Waals surface area contributed by atoms with Crippen LogP contribution in [0.25, 0.3) is 0 Å². The maximum Gasteiger partial charge on any atom is 0.211 e. The lowest BCUT2D eigenvalue weighted by Gasteiger charge is -2.27. The fraction of sp³-hybridized carbons (Fsp3) is 0.393. The zero-order valence-corrected chi connectivity index (χ0v) is 22.2. The Morgan fingerprint density at radius 2 is 1.78 bits per heavy atom. The molecule has 3 aromatic rings. The Morgan fingerprint density at radius 1 is 1.03 bits per heavy atom. The summed E-state index contributed by atoms with van der Waals surface area (Å²) in [5, 5.41) is 0. The molecule has 8 nitrogen and oxygen atoms in total. The zero-order chi connectivity index (χ0) is 26.1. The maximum absolute atomic E-state index is 11.6. The molecule has 9 heteroatoms. The first-order valence-electron chi connectivity index (χ1n) is 12.7. The van der Waals surface area contributed by atoms with E-state index in [-0.39, 0.29) is 25.0 Å². The minimum absolute atomic E-state index is 0.0488. The van der Waals surface area contributed by atoms with Gasteiger partial charge >= 0.3 is 0 Å². The van der Waals surface area contributed by atoms with E-state index in [2.05, 4.69) is 14.6 Å². The van der Waals surface area contributed by atoms with E-state index >= 15 is 0 Å². The molecule has 4 rings (SSSR count). The van der Waals surface area contributed by atoms with E-state index in [1.54, 1.807) is 20.2 Å². The van der Waals surface area contributed by atoms with Crippen molar-refractivity contribution in [3.8, 4) is 17.2 Å². The Kier molecular flexibility index (Phi) is 9.24. The molecule has 1 aliphatic carbocycles. The van der Waals surface area contributed by atoms with E-state index in [1.807, 2.05) is 60.8 Å². The lowest BCUT2D eigenvalue weighted by atomic mass is 10.1. The van der Waals surface area contributed by atoms with Gasteiger partial charge < -0.3 is 19.1 Å². The number of rotatable bonds is 13. The molecule has 0 unspecified atom stereocenters. The lowest BCUT2D eigenvalue weighted by molar-refractivity contribution is 0.201. The van der Waals surface area contributed by atoms with Crippen LogP contribution in [0.3, 0.4) is 0 Å². The quantitative estimate of drug-likeness (QED) is 0.312. The second kappa shape index (κ2) is 12.8. The molecule has 0 bridgehead atoms. The van der Waals surface area contributed by atoms with Gasteiger partial charge in [-0.25, -0.2) is 13.1 Å². The fourth-order valence-electron chi connectivity index (χ4n) is 4.31. The summed E-state index contributed by atoms with van der Waals surface area (Å²) in [6.45, 7) is 2.69. The third kappa shape index (κ3) is 7.60. The van der Waals surface area contributed by atoms with Gasteiger partial charge in [0.15, 0.2) is 11.5 Å². The van der Waals surface area contributed by atoms with Gasteiger partial charge in [0.05, 0.1) is 19.0 Å². The van der Waals surface area contributed by atoms with Gasteiger partial charge in [0.2, 0.25) is 10.0 Å². The summed E-state index contributed by atoms with van der Waals surface area (Å²) >= 11 is 0. The lowest BCUT2D eigenvalue weighted by Crippen LogP contribution is -2.29. The van der Waals surface area contributed by atoms with Crippen molar-refractivity contribution in [2.45, 2.75) is 45.3 Å². The van der Waals surface area contributed by atoms with Crippen LogP contribution in [0.2, 0.25) is 0 Å². The zero-order valence-electron chi connectivity index (χ0n) is 21.4. The third-order valence-electron chi connectivity index (χ3n) is 6.34. The molecule has 0 atom stereocenters. The van der Waals surface area contributed by atoms with Crippen LogP contribution in [0.5, 0.6) is 17.2 Å². The van der Waals surface area contributed by atoms with Gasteiger partial charge in [-0.3, -0.25) is 4.98 Å². The molecule has 198 valence electrons. The first-order valence-corrected chi connectivity index (χ1v) is 14.3. The molecule has 0 aliphatic heterocycles. The number of aromatic nitrogens is 1. The fourth-order valence-corrected chi connectivity index (χ4v) is 4.91. The van der Waals surface area contributed by atoms with E-state index in [9.17, 15) is 8.42 Å². The highest BCUT2D eigenvalue weighted by atomic mass is 32.2. The van der Waals surface area contributed by atoms with Crippen molar-refractivity contribution in [3.05, 3.63) is 72.6 Å². The van der Waals surface area contributed by atoms with Gasteiger partial charge in [-0.2, -0.15) is 0 Å². The summed E-state index contributed by atoms with van der Waals surface area (Å²) in [7, 11) is -1.57. The predicted molar refractivity (Wildman–Crippen MR) is 145 cm³/mol. The van der Waals surface area contributed by atoms with Crippen LogP contribution >= 0.6 is 0 Å². The van der Waals surface area contributed by atoms with Crippen molar-refractivity contribution in [1.29, 1.82) is 0 Å². The van der Waals surface area contributed by atoms with E-state index in [1.165, 1.54) is 12.8 Å². The third-order valence-corrected chi connectivity index (χ3v) is 7.74. The van der Waals surface area contributed by atoms with Crippen LogP contribution in [0, 0.1) is 0 Å². The van der Waals surface area contributed by atoms with Crippen LogP contribution in [0.4, 0.5) is 11.4 Å². The molecule has 0 amide bonds. The highest BCUT2D eigenvalue weighted by Gasteiger charge is 2.20. The van der Waals surface area contributed by atoms with Crippen LogP contribution in [0.15, 0.2) is 67.0 Å². The Labute approximate surface area is 219 Å². The Hall–Kier alpha value is -3.30. The number of methoxy groups -OCH3 is 1. The second-order valence-electron chi connectivity index (χ2n) is 8.95. The molecule has 0 radical (unpaired) electrons. The van der Waals surface area contributed by atoms with Crippen molar-refractivity contribution in [2.75, 3.05) is 30.9 Å². The molecule has 1 fully saturated rings. The van der Waals surface area contributed by atoms with Crippen molar-refractivity contribution in [1.82, 2.24) is 9.71 Å². The van der Waals surface area contributed by atoms with E-state index in [4.69, 9.17) is 14.2 Å². The first-order chi connectivity index (χ1) is 18.0. The van der Waals surface area contributed by atoms with Gasteiger partial charge in [-0.1, -0.05) is 6.07 Å². The van der Waals surface area contributed by atoms with Gasteiger partial charge in [-0.15, -0.1) is 0 Å². The molecule has 1 N–H and O–H groups in total. The molecular formula is C28H35N3O5S. The van der Waals surface area contributed by atoms with Crippen LogP contribution < -0.4 is 23.8 Å². The molecule has 37 heavy (non-hydrogen) atoms. The van der Waals surface area contributed by atoms with Crippen molar-refractivity contribution in [2.24, 2.45) is 0 Å². The number of benzene rings is 2. The Balaban J connectivity index is 1.54. The summed E-state index contributed by atoms with van der Waals surface area (Å²) in [5.74, 6) is 2.19. The minimum Gasteiger partial charge on any atom is -0.493 e. The number of nitrogens with one attached hydrogen (secondary N) is 1. The summed E-state index contributed by atoms with van der Waals surface area (Å²) in [5.41, 5.74) is 3.01. The average molecular weight is 526 g/mol. The van der Waals surface area contributed by atoms with Crippen molar-refractivity contribution < 1.29 is 22.6 Å². The van der Waals surface area contributed by atoms with Crippen molar-refractivity contribution in [3.63, 3.8) is 0 Å². The molecule has 0 saturated heterocycles. The SMILES string of the molecule is CCS(=O)(=O)NCCOc1ccc(N(Cc2cccnc2)c2ccc(OC)c(OC3CCCC3)c2)cc1. The highest BCUT2D eigenvalue weighted by molar-refractivity contribution is 7.89. The van der Waals surface area contributed by atoms with Gasteiger partial charge in [0, 0.05) is 42.9 Å². The molecule has 1 aliphatic rings. The molecule has 1 heterocycles. The smallest absolute Gasteiger partial charge is 0.211 e. The summed E-state index contributed by atoms with van der Waals surface area (Å²) in [6.07, 6.45) is 8.36. The molecule has 0 spiro atoms. The molecule has 2 aromatic carbocycles. The number of pyridine rings is 1. The van der Waals surface area contributed by atoms with E-state index in [0.717, 1.165) is 41.3 Å². The number of anilines is 2. The number of ether oxygens (including phenoxy) is 3. The maximum atomic E-state index is 11.6. The second-order valence-corrected chi connectivity index (χ2v) is 11.0. The molecular weight excluding hydrogens is 490 g/mol. The number of sulfonamides is 1. The van der Waals surface area contributed by atoms with Gasteiger partial charge in [-0.05, 0) is 80.6 Å². The monoisotopic (exact) mass is 525 g/mol. The molecule has 1 saturated carbocycles. The van der Waals surface area contributed by atoms with Crippen LogP contribution in [-0.2, 0) is 16.6 Å². The Morgan fingerprint density at radius 3 is 2.46 bits per heavy atom. The first kappa shape index (κ1) is 26.8. The predicted octanol–water partition coefficient (Wildman–Crippen LogP) is 5.07. The minimum atomic E-state index is -3.23. The van der Waals surface area contributed by atoms with Gasteiger partial charge in [0.1, 0.15) is 12.4 Å². The number of nitrogens with zero attached hydrogens (tertiary/aromatic N) is 2. The molecule has 1 aromatic heterocycles. The van der Waals surface area contributed by atoms with Crippen LogP contribution in [0.1, 0.15) is 38.2 Å². The van der Waals surface area contributed by atoms with Crippen molar-refractivity contribution >= 4 is 21.4 Å². The van der Waals surface area contributed by atoms with Crippen LogP contribution in [-0.4, -0.2) is 45.5 Å². The van der Waals surface area contributed by atoms with E-state index in [0.29, 0.717) is 12.3 Å². The highest BCUT2D eigenvalue weighted by Crippen LogP contribution is 2.38. The summed E-state index contributed by atoms with van der Waals surface area (Å²) in [4.78, 5) is 6.47. The standard InChI is InChI=1S/C28H35N3O5S/c1-3-37(32,33)30-17-18-35-25-13-10-23(11-14-25)31(21-22-7-6-16-29-20-22)24-12-15-27(34-2)28(19-24)36-26-8-4-5-9-26/h6-7,10-16,19-20,26,30H,3-5,8-9,17-18,21H2,1-2H3.